The van der Waals surface area contributed by atoms with Crippen LogP contribution in [-0.4, -0.2) is 24.8 Å². The fourth-order valence-electron chi connectivity index (χ4n) is 5.24. The molecule has 3 amide bonds. The summed E-state index contributed by atoms with van der Waals surface area (Å²) in [5.74, 6) is 0.308. The lowest BCUT2D eigenvalue weighted by Gasteiger charge is -2.18. The number of furan rings is 1. The van der Waals surface area contributed by atoms with E-state index < -0.39 is 17.1 Å². The molecule has 8 nitrogen and oxygen atoms in total. The third-order valence-electron chi connectivity index (χ3n) is 7.96. The van der Waals surface area contributed by atoms with Gasteiger partial charge in [0.15, 0.2) is 0 Å². The average Bonchev–Trinajstić information content (AvgIpc) is 3.64. The number of para-hydroxylation sites is 1. The predicted molar refractivity (Wildman–Crippen MR) is 208 cm³/mol. The van der Waals surface area contributed by atoms with E-state index in [1.807, 2.05) is 85.8 Å². The minimum atomic E-state index is -0.571. The van der Waals surface area contributed by atoms with E-state index in [0.717, 1.165) is 21.6 Å². The predicted octanol–water partition coefficient (Wildman–Crippen LogP) is 9.80. The van der Waals surface area contributed by atoms with E-state index in [4.69, 9.17) is 20.8 Å². The van der Waals surface area contributed by atoms with Crippen molar-refractivity contribution in [1.82, 2.24) is 5.32 Å². The number of methoxy groups -OCH3 is 1. The van der Waals surface area contributed by atoms with Crippen molar-refractivity contribution in [2.24, 2.45) is 0 Å². The largest absolute Gasteiger partial charge is 0.496 e. The molecule has 6 rings (SSSR count). The Labute approximate surface area is 310 Å². The fourth-order valence-corrected chi connectivity index (χ4v) is 6.44. The first-order valence-electron chi connectivity index (χ1n) is 16.3. The molecule has 0 spiro atoms. The van der Waals surface area contributed by atoms with Crippen LogP contribution in [-0.2, 0) is 9.59 Å². The van der Waals surface area contributed by atoms with Gasteiger partial charge in [-0.15, -0.1) is 11.8 Å². The molecule has 1 heterocycles. The maximum Gasteiger partial charge on any atom is 0.272 e. The number of amides is 3. The van der Waals surface area contributed by atoms with Gasteiger partial charge in [-0.05, 0) is 90.8 Å². The molecule has 52 heavy (non-hydrogen) atoms. The Morgan fingerprint density at radius 1 is 0.769 bits per heavy atom. The minimum absolute atomic E-state index is 0.0229. The zero-order chi connectivity index (χ0) is 36.5. The number of thioether (sulfide) groups is 1. The Kier molecular flexibility index (Phi) is 11.6. The molecular formula is C42H34ClN3O5S. The zero-order valence-corrected chi connectivity index (χ0v) is 29.8. The van der Waals surface area contributed by atoms with Crippen LogP contribution in [0.4, 0.5) is 11.4 Å². The molecule has 0 saturated carbocycles. The summed E-state index contributed by atoms with van der Waals surface area (Å²) in [7, 11) is 1.58. The first-order valence-corrected chi connectivity index (χ1v) is 17.5. The minimum Gasteiger partial charge on any atom is -0.496 e. The zero-order valence-electron chi connectivity index (χ0n) is 28.3. The third-order valence-corrected chi connectivity index (χ3v) is 9.63. The number of carbonyl (C=O) groups excluding carboxylic acids is 3. The molecule has 0 bridgehead atoms. The second-order valence-electron chi connectivity index (χ2n) is 11.6. The summed E-state index contributed by atoms with van der Waals surface area (Å²) in [6.45, 7) is 1.90. The summed E-state index contributed by atoms with van der Waals surface area (Å²) in [5.41, 5.74) is 3.95. The normalized spacial score (nSPS) is 11.7. The first kappa shape index (κ1) is 35.8. The number of carbonyl (C=O) groups is 3. The van der Waals surface area contributed by atoms with Crippen molar-refractivity contribution >= 4 is 58.5 Å². The second-order valence-corrected chi connectivity index (χ2v) is 13.2. The summed E-state index contributed by atoms with van der Waals surface area (Å²) < 4.78 is 11.5. The van der Waals surface area contributed by atoms with Gasteiger partial charge in [-0.25, -0.2) is 0 Å². The number of hydrogen-bond acceptors (Lipinski definition) is 6. The van der Waals surface area contributed by atoms with Crippen molar-refractivity contribution < 1.29 is 23.5 Å². The van der Waals surface area contributed by atoms with E-state index in [-0.39, 0.29) is 11.6 Å². The number of rotatable bonds is 12. The van der Waals surface area contributed by atoms with Gasteiger partial charge in [0.25, 0.3) is 11.8 Å². The van der Waals surface area contributed by atoms with E-state index in [0.29, 0.717) is 39.2 Å². The van der Waals surface area contributed by atoms with Crippen LogP contribution in [0.25, 0.3) is 17.4 Å². The van der Waals surface area contributed by atoms with Crippen molar-refractivity contribution in [3.8, 4) is 17.1 Å². The van der Waals surface area contributed by atoms with Crippen LogP contribution < -0.4 is 20.7 Å². The summed E-state index contributed by atoms with van der Waals surface area (Å²) in [5, 5.41) is 8.59. The van der Waals surface area contributed by atoms with Gasteiger partial charge in [-0.1, -0.05) is 78.3 Å². The number of ether oxygens (including phenoxy) is 1. The monoisotopic (exact) mass is 727 g/mol. The highest BCUT2D eigenvalue weighted by Gasteiger charge is 2.23. The van der Waals surface area contributed by atoms with E-state index in [2.05, 4.69) is 16.0 Å². The number of benzene rings is 5. The molecule has 10 heteroatoms. The topological polar surface area (TPSA) is 110 Å². The fraction of sp³-hybridized carbons (Fsp3) is 0.0714. The van der Waals surface area contributed by atoms with E-state index in [1.165, 1.54) is 17.8 Å². The maximum atomic E-state index is 13.7. The second kappa shape index (κ2) is 16.8. The van der Waals surface area contributed by atoms with Crippen molar-refractivity contribution in [2.75, 3.05) is 17.7 Å². The van der Waals surface area contributed by atoms with Gasteiger partial charge in [0.05, 0.1) is 12.7 Å². The quantitative estimate of drug-likeness (QED) is 0.0856. The summed E-state index contributed by atoms with van der Waals surface area (Å²) in [6, 6.07) is 41.6. The number of anilines is 2. The smallest absolute Gasteiger partial charge is 0.272 e. The lowest BCUT2D eigenvalue weighted by molar-refractivity contribution is -0.116. The molecule has 260 valence electrons. The number of hydrogen-bond donors (Lipinski definition) is 3. The average molecular weight is 728 g/mol. The molecular weight excluding hydrogens is 694 g/mol. The van der Waals surface area contributed by atoms with Crippen LogP contribution in [0.1, 0.15) is 32.5 Å². The van der Waals surface area contributed by atoms with Gasteiger partial charge in [-0.2, -0.15) is 0 Å². The summed E-state index contributed by atoms with van der Waals surface area (Å²) in [6.07, 6.45) is 1.48. The molecule has 0 aliphatic rings. The molecule has 0 unspecified atom stereocenters. The van der Waals surface area contributed by atoms with Crippen molar-refractivity contribution in [3.63, 3.8) is 0 Å². The van der Waals surface area contributed by atoms with Crippen molar-refractivity contribution in [1.29, 1.82) is 0 Å². The SMILES string of the molecule is COc1ccccc1-c1ccc(/C=C(/NC(=O)c2ccccc2)C(=O)Nc2ccc(S[C@@H](C(=O)Nc3ccc(C)c(Cl)c3)c3ccccc3)cc2)o1. The standard InChI is InChI=1S/C42H34ClN3O5S/c1-27-17-18-31(25-35(27)43)45-42(49)39(28-11-5-3-6-12-28)52-33-22-19-30(20-23-33)44-41(48)36(46-40(47)29-13-7-4-8-14-29)26-32-21-24-38(51-32)34-15-9-10-16-37(34)50-2/h3-26,39H,1-2H3,(H,44,48)(H,45,49)(H,46,47)/b36-26+/t39-/m1/s1. The molecule has 1 atom stereocenters. The molecule has 3 N–H and O–H groups in total. The Morgan fingerprint density at radius 3 is 2.15 bits per heavy atom. The van der Waals surface area contributed by atoms with Crippen LogP contribution in [0.15, 0.2) is 155 Å². The highest BCUT2D eigenvalue weighted by atomic mass is 35.5. The Hall–Kier alpha value is -6.03. The van der Waals surface area contributed by atoms with Crippen LogP contribution in [0.2, 0.25) is 5.02 Å². The van der Waals surface area contributed by atoms with Gasteiger partial charge in [0.2, 0.25) is 5.91 Å². The number of halogens is 1. The molecule has 6 aromatic rings. The highest BCUT2D eigenvalue weighted by molar-refractivity contribution is 8.00. The molecule has 5 aromatic carbocycles. The van der Waals surface area contributed by atoms with Gasteiger partial charge >= 0.3 is 0 Å². The van der Waals surface area contributed by atoms with Crippen LogP contribution in [0.5, 0.6) is 5.75 Å². The van der Waals surface area contributed by atoms with Gasteiger partial charge in [0.1, 0.15) is 28.2 Å². The highest BCUT2D eigenvalue weighted by Crippen LogP contribution is 2.37. The Bertz CT molecular complexity index is 2220. The Morgan fingerprint density at radius 2 is 1.44 bits per heavy atom. The Balaban J connectivity index is 1.21. The molecule has 0 aliphatic heterocycles. The van der Waals surface area contributed by atoms with E-state index in [1.54, 1.807) is 67.8 Å². The van der Waals surface area contributed by atoms with Crippen LogP contribution in [0.3, 0.4) is 0 Å². The lowest BCUT2D eigenvalue weighted by Crippen LogP contribution is -2.30. The van der Waals surface area contributed by atoms with E-state index >= 15 is 0 Å². The molecule has 0 aliphatic carbocycles. The molecule has 0 saturated heterocycles. The van der Waals surface area contributed by atoms with E-state index in [9.17, 15) is 14.4 Å². The van der Waals surface area contributed by atoms with Crippen LogP contribution >= 0.6 is 23.4 Å². The van der Waals surface area contributed by atoms with Gasteiger partial charge in [0, 0.05) is 32.9 Å². The van der Waals surface area contributed by atoms with Crippen LogP contribution in [0, 0.1) is 6.92 Å². The van der Waals surface area contributed by atoms with Crippen molar-refractivity contribution in [2.45, 2.75) is 17.1 Å². The molecule has 1 aromatic heterocycles. The lowest BCUT2D eigenvalue weighted by atomic mass is 10.1. The maximum absolute atomic E-state index is 13.7. The molecule has 0 fully saturated rings. The first-order chi connectivity index (χ1) is 25.3. The van der Waals surface area contributed by atoms with Gasteiger partial charge < -0.3 is 25.1 Å². The van der Waals surface area contributed by atoms with Crippen molar-refractivity contribution in [3.05, 3.63) is 173 Å². The third kappa shape index (κ3) is 9.00. The number of nitrogens with one attached hydrogen (secondary N) is 3. The van der Waals surface area contributed by atoms with Gasteiger partial charge in [-0.3, -0.25) is 14.4 Å². The summed E-state index contributed by atoms with van der Waals surface area (Å²) in [4.78, 5) is 41.2. The molecule has 0 radical (unpaired) electrons. The number of aryl methyl sites for hydroxylation is 1. The summed E-state index contributed by atoms with van der Waals surface area (Å²) >= 11 is 7.68.